The van der Waals surface area contributed by atoms with E-state index in [0.717, 1.165) is 5.56 Å². The molecule has 4 rings (SSSR count). The Morgan fingerprint density at radius 1 is 0.974 bits per heavy atom. The smallest absolute Gasteiger partial charge is 0.336 e. The number of carbonyl (C=O) groups excluding carboxylic acids is 3. The molecule has 8 nitrogen and oxygen atoms in total. The van der Waals surface area contributed by atoms with Crippen molar-refractivity contribution in [3.05, 3.63) is 82.2 Å². The second-order valence-corrected chi connectivity index (χ2v) is 9.13. The van der Waals surface area contributed by atoms with Crippen molar-refractivity contribution in [2.75, 3.05) is 27.4 Å². The van der Waals surface area contributed by atoms with Crippen LogP contribution < -0.4 is 14.8 Å². The lowest BCUT2D eigenvalue weighted by Gasteiger charge is -2.39. The van der Waals surface area contributed by atoms with Crippen LogP contribution in [0.3, 0.4) is 0 Å². The number of ether oxygens (including phenoxy) is 4. The summed E-state index contributed by atoms with van der Waals surface area (Å²) in [6, 6.07) is 14.6. The van der Waals surface area contributed by atoms with Crippen molar-refractivity contribution in [3.8, 4) is 11.5 Å². The first kappa shape index (κ1) is 27.0. The molecule has 2 aromatic carbocycles. The van der Waals surface area contributed by atoms with Crippen LogP contribution in [0.2, 0.25) is 0 Å². The summed E-state index contributed by atoms with van der Waals surface area (Å²) >= 11 is 0. The van der Waals surface area contributed by atoms with Crippen molar-refractivity contribution in [3.63, 3.8) is 0 Å². The average Bonchev–Trinajstić information content (AvgIpc) is 2.92. The topological polar surface area (TPSA) is 100 Å². The van der Waals surface area contributed by atoms with E-state index in [9.17, 15) is 14.4 Å². The first-order chi connectivity index (χ1) is 18.4. The van der Waals surface area contributed by atoms with E-state index in [2.05, 4.69) is 5.32 Å². The Bertz CT molecular complexity index is 1310. The molecule has 3 atom stereocenters. The molecule has 1 aliphatic carbocycles. The molecule has 0 radical (unpaired) electrons. The summed E-state index contributed by atoms with van der Waals surface area (Å²) in [5, 5.41) is 3.31. The molecule has 0 bridgehead atoms. The first-order valence-electron chi connectivity index (χ1n) is 12.7. The summed E-state index contributed by atoms with van der Waals surface area (Å²) in [5.41, 5.74) is 3.33. The summed E-state index contributed by atoms with van der Waals surface area (Å²) in [5.74, 6) is -2.74. The highest BCUT2D eigenvalue weighted by Gasteiger charge is 2.49. The number of nitrogens with one attached hydrogen (secondary N) is 1. The Morgan fingerprint density at radius 3 is 2.39 bits per heavy atom. The summed E-state index contributed by atoms with van der Waals surface area (Å²) in [4.78, 5) is 41.0. The van der Waals surface area contributed by atoms with Crippen LogP contribution in [0.25, 0.3) is 0 Å². The van der Waals surface area contributed by atoms with Gasteiger partial charge >= 0.3 is 11.9 Å². The molecule has 1 N–H and O–H groups in total. The van der Waals surface area contributed by atoms with Gasteiger partial charge in [-0.1, -0.05) is 30.3 Å². The standard InChI is InChI=1S/C30H33NO7/c1-6-37-29(33)24-17(3)31-22-16-21(18-11-10-12-19(15-18)35-4)26(30(34)38-7-2)28(32)27(22)25(24)20-13-8-9-14-23(20)36-5/h8-15,21,25-26,31H,6-7,16H2,1-5H3/t21-,25+,26+/m0/s1. The number of ketones is 1. The van der Waals surface area contributed by atoms with Crippen molar-refractivity contribution in [1.29, 1.82) is 0 Å². The molecule has 0 amide bonds. The number of para-hydroxylation sites is 1. The fourth-order valence-corrected chi connectivity index (χ4v) is 5.42. The number of Topliss-reactive ketones (excluding diaryl/α,β-unsaturated/α-hetero) is 1. The average molecular weight is 520 g/mol. The lowest BCUT2D eigenvalue weighted by Crippen LogP contribution is -2.43. The van der Waals surface area contributed by atoms with Gasteiger partial charge in [0.2, 0.25) is 0 Å². The Morgan fingerprint density at radius 2 is 1.71 bits per heavy atom. The van der Waals surface area contributed by atoms with Crippen LogP contribution in [0.15, 0.2) is 71.1 Å². The minimum absolute atomic E-state index is 0.140. The van der Waals surface area contributed by atoms with Crippen LogP contribution in [-0.4, -0.2) is 45.2 Å². The van der Waals surface area contributed by atoms with Crippen LogP contribution in [0, 0.1) is 5.92 Å². The van der Waals surface area contributed by atoms with Crippen LogP contribution >= 0.6 is 0 Å². The number of carbonyl (C=O) groups is 3. The van der Waals surface area contributed by atoms with Gasteiger partial charge in [0.1, 0.15) is 17.4 Å². The first-order valence-corrected chi connectivity index (χ1v) is 12.7. The molecule has 2 aromatic rings. The Labute approximate surface area is 222 Å². The number of allylic oxidation sites excluding steroid dienone is 3. The maximum atomic E-state index is 14.4. The molecule has 0 saturated carbocycles. The van der Waals surface area contributed by atoms with Crippen molar-refractivity contribution in [2.24, 2.45) is 5.92 Å². The van der Waals surface area contributed by atoms with Crippen LogP contribution in [-0.2, 0) is 23.9 Å². The highest BCUT2D eigenvalue weighted by Crippen LogP contribution is 2.49. The zero-order valence-electron chi connectivity index (χ0n) is 22.3. The molecule has 0 spiro atoms. The molecule has 0 unspecified atom stereocenters. The van der Waals surface area contributed by atoms with Gasteiger partial charge in [-0.3, -0.25) is 9.59 Å². The van der Waals surface area contributed by atoms with Gasteiger partial charge in [0.15, 0.2) is 5.78 Å². The second-order valence-electron chi connectivity index (χ2n) is 9.13. The summed E-state index contributed by atoms with van der Waals surface area (Å²) in [6.45, 7) is 5.55. The predicted molar refractivity (Wildman–Crippen MR) is 141 cm³/mol. The van der Waals surface area contributed by atoms with E-state index in [-0.39, 0.29) is 13.2 Å². The summed E-state index contributed by atoms with van der Waals surface area (Å²) in [6.07, 6.45) is 0.358. The highest BCUT2D eigenvalue weighted by atomic mass is 16.5. The summed E-state index contributed by atoms with van der Waals surface area (Å²) in [7, 11) is 3.11. The molecule has 8 heteroatoms. The number of hydrogen-bond acceptors (Lipinski definition) is 8. The molecule has 38 heavy (non-hydrogen) atoms. The lowest BCUT2D eigenvalue weighted by atomic mass is 9.67. The van der Waals surface area contributed by atoms with E-state index in [0.29, 0.717) is 46.0 Å². The van der Waals surface area contributed by atoms with E-state index >= 15 is 0 Å². The van der Waals surface area contributed by atoms with E-state index in [1.165, 1.54) is 0 Å². The number of hydrogen-bond donors (Lipinski definition) is 1. The largest absolute Gasteiger partial charge is 0.497 e. The highest BCUT2D eigenvalue weighted by molar-refractivity contribution is 6.13. The van der Waals surface area contributed by atoms with Gasteiger partial charge in [0, 0.05) is 28.4 Å². The lowest BCUT2D eigenvalue weighted by molar-refractivity contribution is -0.152. The molecule has 0 saturated heterocycles. The van der Waals surface area contributed by atoms with Gasteiger partial charge in [-0.05, 0) is 51.0 Å². The maximum absolute atomic E-state index is 14.4. The fourth-order valence-electron chi connectivity index (χ4n) is 5.42. The predicted octanol–water partition coefficient (Wildman–Crippen LogP) is 4.42. The molecule has 1 heterocycles. The molecule has 1 aliphatic heterocycles. The van der Waals surface area contributed by atoms with Crippen LogP contribution in [0.5, 0.6) is 11.5 Å². The number of dihydropyridines is 1. The monoisotopic (exact) mass is 519 g/mol. The van der Waals surface area contributed by atoms with Gasteiger partial charge in [-0.2, -0.15) is 0 Å². The van der Waals surface area contributed by atoms with Crippen LogP contribution in [0.4, 0.5) is 0 Å². The molecule has 0 aromatic heterocycles. The van der Waals surface area contributed by atoms with Crippen molar-refractivity contribution < 1.29 is 33.3 Å². The van der Waals surface area contributed by atoms with Crippen molar-refractivity contribution in [1.82, 2.24) is 5.32 Å². The maximum Gasteiger partial charge on any atom is 0.336 e. The van der Waals surface area contributed by atoms with Gasteiger partial charge in [-0.15, -0.1) is 0 Å². The minimum atomic E-state index is -1.10. The molecule has 2 aliphatic rings. The molecule has 200 valence electrons. The quantitative estimate of drug-likeness (QED) is 0.404. The SMILES string of the molecule is CCOC(=O)C1=C(C)NC2=C(C(=O)[C@H](C(=O)OCC)[C@H](c3cccc(OC)c3)C2)[C@@H]1c1ccccc1OC. The van der Waals surface area contributed by atoms with E-state index in [1.54, 1.807) is 41.1 Å². The van der Waals surface area contributed by atoms with Gasteiger partial charge in [0.05, 0.1) is 38.9 Å². The third-order valence-electron chi connectivity index (χ3n) is 7.03. The number of benzene rings is 2. The zero-order chi connectivity index (χ0) is 27.4. The third-order valence-corrected chi connectivity index (χ3v) is 7.03. The molecular formula is C30H33NO7. The number of methoxy groups -OCH3 is 2. The van der Waals surface area contributed by atoms with Crippen molar-refractivity contribution >= 4 is 17.7 Å². The molecular weight excluding hydrogens is 486 g/mol. The third kappa shape index (κ3) is 4.90. The van der Waals surface area contributed by atoms with E-state index in [1.807, 2.05) is 42.5 Å². The van der Waals surface area contributed by atoms with Crippen molar-refractivity contribution in [2.45, 2.75) is 39.0 Å². The normalized spacial score (nSPS) is 20.9. The zero-order valence-corrected chi connectivity index (χ0v) is 22.3. The molecule has 0 fully saturated rings. The van der Waals surface area contributed by atoms with Gasteiger partial charge in [0.25, 0.3) is 0 Å². The van der Waals surface area contributed by atoms with E-state index < -0.39 is 35.5 Å². The number of rotatable bonds is 8. The Kier molecular flexibility index (Phi) is 8.20. The minimum Gasteiger partial charge on any atom is -0.497 e. The van der Waals surface area contributed by atoms with Crippen LogP contribution in [0.1, 0.15) is 50.2 Å². The van der Waals surface area contributed by atoms with Gasteiger partial charge < -0.3 is 24.3 Å². The summed E-state index contributed by atoms with van der Waals surface area (Å²) < 4.78 is 21.8. The Hall–Kier alpha value is -4.07. The van der Waals surface area contributed by atoms with E-state index in [4.69, 9.17) is 18.9 Å². The fraction of sp³-hybridized carbons (Fsp3) is 0.367. The second kappa shape index (κ2) is 11.5. The Balaban J connectivity index is 1.93. The number of esters is 2. The van der Waals surface area contributed by atoms with Gasteiger partial charge in [-0.25, -0.2) is 4.79 Å².